The van der Waals surface area contributed by atoms with Crippen molar-refractivity contribution < 1.29 is 30.7 Å². The second kappa shape index (κ2) is 11.2. The van der Waals surface area contributed by atoms with Crippen molar-refractivity contribution in [2.24, 2.45) is 0 Å². The van der Waals surface area contributed by atoms with Gasteiger partial charge in [0.2, 0.25) is 11.0 Å². The molecule has 10 heteroatoms. The Labute approximate surface area is 223 Å². The van der Waals surface area contributed by atoms with E-state index in [9.17, 15) is 26.2 Å². The maximum atomic E-state index is 14.2. The van der Waals surface area contributed by atoms with Crippen molar-refractivity contribution in [2.75, 3.05) is 12.3 Å². The van der Waals surface area contributed by atoms with Crippen molar-refractivity contribution in [3.63, 3.8) is 0 Å². The van der Waals surface area contributed by atoms with Gasteiger partial charge in [0.05, 0.1) is 31.3 Å². The first kappa shape index (κ1) is 27.7. The number of amides is 1. The lowest BCUT2D eigenvalue weighted by Crippen LogP contribution is -2.40. The molecule has 1 aromatic heterocycles. The fourth-order valence-corrected chi connectivity index (χ4v) is 6.48. The Morgan fingerprint density at radius 2 is 1.39 bits per heavy atom. The van der Waals surface area contributed by atoms with Crippen LogP contribution in [0.5, 0.6) is 0 Å². The minimum atomic E-state index is -4.38. The van der Waals surface area contributed by atoms with E-state index in [-0.39, 0.29) is 30.0 Å². The summed E-state index contributed by atoms with van der Waals surface area (Å²) in [5.41, 5.74) is 2.45. The number of benzene rings is 3. The predicted molar refractivity (Wildman–Crippen MR) is 145 cm³/mol. The molecule has 38 heavy (non-hydrogen) atoms. The summed E-state index contributed by atoms with van der Waals surface area (Å²) < 4.78 is 64.0. The Balaban J connectivity index is 1.92. The number of sulfonamides is 1. The fourth-order valence-electron chi connectivity index (χ4n) is 4.58. The van der Waals surface area contributed by atoms with E-state index in [4.69, 9.17) is 0 Å². The number of para-hydroxylation sites is 2. The number of nitrogens with zero attached hydrogens (tertiary/aromatic N) is 2. The Morgan fingerprint density at radius 1 is 0.842 bits per heavy atom. The van der Waals surface area contributed by atoms with Crippen LogP contribution in [0.1, 0.15) is 42.1 Å². The third-order valence-corrected chi connectivity index (χ3v) is 9.05. The largest absolute Gasteiger partial charge is 0.748 e. The minimum Gasteiger partial charge on any atom is -0.748 e. The molecular formula is C28H30N2O6S2. The van der Waals surface area contributed by atoms with Crippen molar-refractivity contribution in [2.45, 2.75) is 44.6 Å². The van der Waals surface area contributed by atoms with E-state index in [1.807, 2.05) is 18.4 Å². The van der Waals surface area contributed by atoms with Crippen molar-refractivity contribution >= 4 is 47.9 Å². The first-order chi connectivity index (χ1) is 18.0. The number of hydrogen-bond donors (Lipinski definition) is 0. The average molecular weight is 555 g/mol. The normalized spacial score (nSPS) is 12.2. The minimum absolute atomic E-state index is 0.0322. The van der Waals surface area contributed by atoms with Crippen LogP contribution in [-0.2, 0) is 26.7 Å². The van der Waals surface area contributed by atoms with Crippen LogP contribution in [-0.4, -0.2) is 43.9 Å². The molecule has 0 saturated carbocycles. The highest BCUT2D eigenvalue weighted by Gasteiger charge is 2.33. The maximum absolute atomic E-state index is 14.2. The zero-order valence-electron chi connectivity index (χ0n) is 21.3. The number of carbonyl (C=O) groups is 1. The molecule has 4 aromatic rings. The molecule has 0 radical (unpaired) electrons. The number of aryl methyl sites for hydroxylation is 2. The maximum Gasteiger partial charge on any atom is 0.269 e. The summed E-state index contributed by atoms with van der Waals surface area (Å²) >= 11 is 0. The predicted octanol–water partition coefficient (Wildman–Crippen LogP) is 4.16. The topological polar surface area (TPSA) is 116 Å². The smallest absolute Gasteiger partial charge is 0.269 e. The standard InChI is InChI=1S/C28H30N2O6S2/c1-3-4-19-30(38(35,36)22-16-14-21(2)15-17-22)28(31)27-23-10-5-7-12-25(23)29(18-9-20-37(32,33)34)26-13-8-6-11-24(26)27/h5-8,10-17H,3-4,9,18-20H2,1-2H3. The summed E-state index contributed by atoms with van der Waals surface area (Å²) in [4.78, 5) is 14.3. The van der Waals surface area contributed by atoms with Crippen LogP contribution in [0.4, 0.5) is 0 Å². The summed E-state index contributed by atoms with van der Waals surface area (Å²) in [5.74, 6) is -1.14. The Hall–Kier alpha value is -3.34. The van der Waals surface area contributed by atoms with Crippen LogP contribution in [0.15, 0.2) is 77.7 Å². The summed E-state index contributed by atoms with van der Waals surface area (Å²) in [6, 6.07) is 20.7. The first-order valence-corrected chi connectivity index (χ1v) is 15.5. The number of unbranched alkanes of at least 4 members (excludes halogenated alkanes) is 1. The van der Waals surface area contributed by atoms with E-state index >= 15 is 0 Å². The highest BCUT2D eigenvalue weighted by Crippen LogP contribution is 2.29. The van der Waals surface area contributed by atoms with Gasteiger partial charge in [0.15, 0.2) is 6.54 Å². The number of fused-ring (bicyclic) bond motifs is 2. The van der Waals surface area contributed by atoms with E-state index in [2.05, 4.69) is 0 Å². The molecule has 0 aliphatic rings. The van der Waals surface area contributed by atoms with E-state index < -0.39 is 31.8 Å². The van der Waals surface area contributed by atoms with Gasteiger partial charge in [0.1, 0.15) is 0 Å². The molecule has 0 aliphatic heterocycles. The van der Waals surface area contributed by atoms with Crippen molar-refractivity contribution in [1.82, 2.24) is 4.31 Å². The van der Waals surface area contributed by atoms with Crippen LogP contribution < -0.4 is 4.57 Å². The second-order valence-electron chi connectivity index (χ2n) is 9.23. The SMILES string of the molecule is CCCCN(C(=O)c1c2ccccc2[n+](CCCS(=O)(=O)[O-])c2ccccc12)S(=O)(=O)c1ccc(C)cc1. The molecule has 3 aromatic carbocycles. The highest BCUT2D eigenvalue weighted by atomic mass is 32.2. The summed E-state index contributed by atoms with van der Waals surface area (Å²) in [6.45, 7) is 4.06. The van der Waals surface area contributed by atoms with Gasteiger partial charge in [-0.15, -0.1) is 0 Å². The van der Waals surface area contributed by atoms with E-state index in [0.29, 0.717) is 34.6 Å². The second-order valence-corrected chi connectivity index (χ2v) is 12.6. The lowest BCUT2D eigenvalue weighted by molar-refractivity contribution is -0.645. The zero-order valence-corrected chi connectivity index (χ0v) is 23.0. The molecule has 8 nitrogen and oxygen atoms in total. The highest BCUT2D eigenvalue weighted by molar-refractivity contribution is 7.89. The van der Waals surface area contributed by atoms with E-state index in [0.717, 1.165) is 9.87 Å². The molecule has 0 spiro atoms. The number of carbonyl (C=O) groups excluding carboxylic acids is 1. The molecule has 0 atom stereocenters. The summed E-state index contributed by atoms with van der Waals surface area (Å²) in [5, 5.41) is 1.09. The molecule has 0 N–H and O–H groups in total. The molecule has 0 aliphatic carbocycles. The van der Waals surface area contributed by atoms with Gasteiger partial charge in [-0.2, -0.15) is 4.57 Å². The van der Waals surface area contributed by atoms with Crippen molar-refractivity contribution in [3.8, 4) is 0 Å². The lowest BCUT2D eigenvalue weighted by Gasteiger charge is -2.24. The number of pyridine rings is 1. The van der Waals surface area contributed by atoms with Crippen LogP contribution in [0.2, 0.25) is 0 Å². The molecule has 200 valence electrons. The van der Waals surface area contributed by atoms with Crippen LogP contribution >= 0.6 is 0 Å². The van der Waals surface area contributed by atoms with Gasteiger partial charge in [-0.25, -0.2) is 21.1 Å². The third kappa shape index (κ3) is 5.72. The fraction of sp³-hybridized carbons (Fsp3) is 0.286. The van der Waals surface area contributed by atoms with Gasteiger partial charge in [0.25, 0.3) is 15.9 Å². The first-order valence-electron chi connectivity index (χ1n) is 12.4. The summed E-state index contributed by atoms with van der Waals surface area (Å²) in [7, 11) is -8.52. The van der Waals surface area contributed by atoms with Crippen molar-refractivity contribution in [3.05, 3.63) is 83.9 Å². The van der Waals surface area contributed by atoms with Crippen LogP contribution in [0.25, 0.3) is 21.8 Å². The quantitative estimate of drug-likeness (QED) is 0.165. The average Bonchev–Trinajstić information content (AvgIpc) is 2.88. The molecular weight excluding hydrogens is 524 g/mol. The zero-order chi connectivity index (χ0) is 27.5. The van der Waals surface area contributed by atoms with Crippen molar-refractivity contribution in [1.29, 1.82) is 0 Å². The molecule has 0 bridgehead atoms. The van der Waals surface area contributed by atoms with Gasteiger partial charge < -0.3 is 4.55 Å². The van der Waals surface area contributed by atoms with E-state index in [1.54, 1.807) is 60.7 Å². The number of hydrogen-bond acceptors (Lipinski definition) is 6. The lowest BCUT2D eigenvalue weighted by atomic mass is 10.0. The summed E-state index contributed by atoms with van der Waals surface area (Å²) in [6.07, 6.45) is 1.30. The Kier molecular flexibility index (Phi) is 8.15. The van der Waals surface area contributed by atoms with Gasteiger partial charge in [0, 0.05) is 30.9 Å². The molecule has 0 unspecified atom stereocenters. The number of rotatable bonds is 10. The Morgan fingerprint density at radius 3 is 1.92 bits per heavy atom. The molecule has 4 rings (SSSR count). The monoisotopic (exact) mass is 554 g/mol. The van der Waals surface area contributed by atoms with Crippen LogP contribution in [0.3, 0.4) is 0 Å². The Bertz CT molecular complexity index is 1640. The van der Waals surface area contributed by atoms with E-state index in [1.165, 1.54) is 12.1 Å². The van der Waals surface area contributed by atoms with Crippen LogP contribution in [0, 0.1) is 6.92 Å². The van der Waals surface area contributed by atoms with Gasteiger partial charge in [-0.1, -0.05) is 55.3 Å². The number of aromatic nitrogens is 1. The van der Waals surface area contributed by atoms with Gasteiger partial charge in [-0.05, 0) is 37.6 Å². The van der Waals surface area contributed by atoms with Gasteiger partial charge >= 0.3 is 0 Å². The molecule has 0 saturated heterocycles. The molecule has 1 amide bonds. The molecule has 0 fully saturated rings. The molecule has 1 heterocycles. The van der Waals surface area contributed by atoms with Gasteiger partial charge in [-0.3, -0.25) is 4.79 Å². The third-order valence-electron chi connectivity index (χ3n) is 6.47.